The SMILES string of the molecule is c1ccc(-c2ccc(-c3cccc4c3ccc3ccccc34)cc2N(c2ccc(-c3ccc4oc5ccccc5c4c3)cc2)c2ccccc2-c2cccc3oc4c5ccccc5ccc4c23)cc1. The van der Waals surface area contributed by atoms with Crippen molar-refractivity contribution in [3.8, 4) is 44.5 Å². The summed E-state index contributed by atoms with van der Waals surface area (Å²) in [5.41, 5.74) is 15.8. The van der Waals surface area contributed by atoms with Gasteiger partial charge in [-0.05, 0) is 115 Å². The molecule has 14 rings (SSSR count). The van der Waals surface area contributed by atoms with Crippen molar-refractivity contribution in [2.45, 2.75) is 0 Å². The lowest BCUT2D eigenvalue weighted by molar-refractivity contribution is 0.669. The fraction of sp³-hybridized carbons (Fsp3) is 0. The van der Waals surface area contributed by atoms with Gasteiger partial charge in [0.2, 0.25) is 0 Å². The maximum absolute atomic E-state index is 6.78. The predicted molar refractivity (Wildman–Crippen MR) is 290 cm³/mol. The highest BCUT2D eigenvalue weighted by atomic mass is 16.3. The highest BCUT2D eigenvalue weighted by Gasteiger charge is 2.24. The second kappa shape index (κ2) is 15.7. The summed E-state index contributed by atoms with van der Waals surface area (Å²) in [5.74, 6) is 0. The van der Waals surface area contributed by atoms with E-state index in [0.717, 1.165) is 111 Å². The molecule has 0 aliphatic carbocycles. The number of nitrogens with zero attached hydrogens (tertiary/aromatic N) is 1. The van der Waals surface area contributed by atoms with Gasteiger partial charge in [0.05, 0.1) is 11.4 Å². The van der Waals surface area contributed by atoms with E-state index in [9.17, 15) is 0 Å². The Bertz CT molecular complexity index is 4310. The molecule has 0 fully saturated rings. The Kier molecular flexibility index (Phi) is 8.90. The molecule has 0 saturated heterocycles. The third-order valence-electron chi connectivity index (χ3n) is 14.1. The zero-order chi connectivity index (χ0) is 45.4. The van der Waals surface area contributed by atoms with E-state index in [2.05, 4.69) is 241 Å². The van der Waals surface area contributed by atoms with Crippen LogP contribution in [-0.2, 0) is 0 Å². The van der Waals surface area contributed by atoms with E-state index in [4.69, 9.17) is 8.83 Å². The molecule has 0 radical (unpaired) electrons. The second-order valence-electron chi connectivity index (χ2n) is 17.9. The first kappa shape index (κ1) is 39.0. The van der Waals surface area contributed by atoms with Crippen molar-refractivity contribution < 1.29 is 8.83 Å². The highest BCUT2D eigenvalue weighted by Crippen LogP contribution is 2.49. The molecule has 0 atom stereocenters. The van der Waals surface area contributed by atoms with Gasteiger partial charge in [-0.15, -0.1) is 0 Å². The molecule has 3 heteroatoms. The van der Waals surface area contributed by atoms with Crippen LogP contribution in [0, 0.1) is 0 Å². The fourth-order valence-electron chi connectivity index (χ4n) is 10.8. The van der Waals surface area contributed by atoms with Crippen LogP contribution >= 0.6 is 0 Å². The first-order valence-electron chi connectivity index (χ1n) is 23.6. The van der Waals surface area contributed by atoms with Crippen LogP contribution in [0.5, 0.6) is 0 Å². The Morgan fingerprint density at radius 1 is 0.261 bits per heavy atom. The summed E-state index contributed by atoms with van der Waals surface area (Å²) >= 11 is 0. The van der Waals surface area contributed by atoms with Crippen LogP contribution in [0.1, 0.15) is 0 Å². The van der Waals surface area contributed by atoms with Crippen molar-refractivity contribution in [1.82, 2.24) is 0 Å². The van der Waals surface area contributed by atoms with Crippen molar-refractivity contribution in [2.24, 2.45) is 0 Å². The normalized spacial score (nSPS) is 11.8. The van der Waals surface area contributed by atoms with Crippen molar-refractivity contribution in [1.29, 1.82) is 0 Å². The number of hydrogen-bond acceptors (Lipinski definition) is 3. The molecule has 2 aromatic heterocycles. The molecule has 0 N–H and O–H groups in total. The molecular formula is C66H41NO2. The van der Waals surface area contributed by atoms with Gasteiger partial charge < -0.3 is 13.7 Å². The summed E-state index contributed by atoms with van der Waals surface area (Å²) in [6.07, 6.45) is 0. The third kappa shape index (κ3) is 6.36. The number of para-hydroxylation sites is 2. The Hall–Kier alpha value is -9.18. The van der Waals surface area contributed by atoms with Crippen LogP contribution in [0.25, 0.3) is 121 Å². The van der Waals surface area contributed by atoms with E-state index in [1.807, 2.05) is 12.1 Å². The molecule has 322 valence electrons. The van der Waals surface area contributed by atoms with Crippen molar-refractivity contribution >= 4 is 93.3 Å². The zero-order valence-electron chi connectivity index (χ0n) is 37.4. The lowest BCUT2D eigenvalue weighted by Gasteiger charge is -2.31. The quantitative estimate of drug-likeness (QED) is 0.149. The number of furan rings is 2. The standard InChI is InChI=1S/C66H41NO2/c1-2-14-43(15-3-1)51-36-32-47(50-22-12-23-53-49-18-6-4-16-44(49)30-37-54(50)53)41-61(51)67(48-34-28-42(29-35-48)46-33-39-63-59(40-46)56-21-9-11-26-62(56)68-63)60-25-10-8-20-55(60)57-24-13-27-64-65(57)58-38-31-45-17-5-7-19-52(45)66(58)69-64/h1-41H. The molecule has 0 aliphatic rings. The molecule has 0 amide bonds. The second-order valence-corrected chi connectivity index (χ2v) is 17.9. The van der Waals surface area contributed by atoms with Crippen LogP contribution in [-0.4, -0.2) is 0 Å². The molecule has 12 aromatic carbocycles. The molecular weight excluding hydrogens is 839 g/mol. The minimum absolute atomic E-state index is 0.863. The summed E-state index contributed by atoms with van der Waals surface area (Å²) in [6.45, 7) is 0. The van der Waals surface area contributed by atoms with Crippen molar-refractivity contribution in [3.63, 3.8) is 0 Å². The molecule has 0 aliphatic heterocycles. The summed E-state index contributed by atoms with van der Waals surface area (Å²) in [4.78, 5) is 2.47. The van der Waals surface area contributed by atoms with Crippen LogP contribution < -0.4 is 4.90 Å². The topological polar surface area (TPSA) is 29.5 Å². The molecule has 3 nitrogen and oxygen atoms in total. The first-order valence-corrected chi connectivity index (χ1v) is 23.6. The van der Waals surface area contributed by atoms with E-state index in [-0.39, 0.29) is 0 Å². The van der Waals surface area contributed by atoms with Crippen LogP contribution in [0.2, 0.25) is 0 Å². The Morgan fingerprint density at radius 3 is 1.75 bits per heavy atom. The van der Waals surface area contributed by atoms with Crippen LogP contribution in [0.3, 0.4) is 0 Å². The average molecular weight is 880 g/mol. The molecule has 14 aromatic rings. The number of fused-ring (bicyclic) bond motifs is 11. The Balaban J connectivity index is 1.01. The average Bonchev–Trinajstić information content (AvgIpc) is 4.00. The van der Waals surface area contributed by atoms with Crippen LogP contribution in [0.15, 0.2) is 258 Å². The van der Waals surface area contributed by atoms with E-state index < -0.39 is 0 Å². The summed E-state index contributed by atoms with van der Waals surface area (Å²) in [7, 11) is 0. The lowest BCUT2D eigenvalue weighted by atomic mass is 9.91. The van der Waals surface area contributed by atoms with Gasteiger partial charge in [0.15, 0.2) is 0 Å². The van der Waals surface area contributed by atoms with Crippen molar-refractivity contribution in [2.75, 3.05) is 4.90 Å². The fourth-order valence-corrected chi connectivity index (χ4v) is 10.8. The molecule has 0 saturated carbocycles. The predicted octanol–water partition coefficient (Wildman–Crippen LogP) is 19.1. The molecule has 69 heavy (non-hydrogen) atoms. The number of rotatable bonds is 7. The van der Waals surface area contributed by atoms with Gasteiger partial charge in [-0.25, -0.2) is 0 Å². The number of hydrogen-bond donors (Lipinski definition) is 0. The molecule has 0 spiro atoms. The molecule has 2 heterocycles. The minimum Gasteiger partial charge on any atom is -0.456 e. The zero-order valence-corrected chi connectivity index (χ0v) is 37.4. The van der Waals surface area contributed by atoms with Gasteiger partial charge in [0, 0.05) is 43.7 Å². The summed E-state index contributed by atoms with van der Waals surface area (Å²) in [6, 6.07) is 89.8. The van der Waals surface area contributed by atoms with Crippen molar-refractivity contribution in [3.05, 3.63) is 249 Å². The van der Waals surface area contributed by atoms with E-state index in [0.29, 0.717) is 0 Å². The summed E-state index contributed by atoms with van der Waals surface area (Å²) < 4.78 is 13.0. The highest BCUT2D eigenvalue weighted by molar-refractivity contribution is 6.20. The van der Waals surface area contributed by atoms with Gasteiger partial charge in [0.1, 0.15) is 22.3 Å². The monoisotopic (exact) mass is 879 g/mol. The van der Waals surface area contributed by atoms with E-state index in [1.54, 1.807) is 0 Å². The largest absolute Gasteiger partial charge is 0.456 e. The lowest BCUT2D eigenvalue weighted by Crippen LogP contribution is -2.13. The van der Waals surface area contributed by atoms with Gasteiger partial charge in [-0.3, -0.25) is 0 Å². The molecule has 0 bridgehead atoms. The van der Waals surface area contributed by atoms with Gasteiger partial charge in [0.25, 0.3) is 0 Å². The van der Waals surface area contributed by atoms with Gasteiger partial charge in [-0.2, -0.15) is 0 Å². The third-order valence-corrected chi connectivity index (χ3v) is 14.1. The minimum atomic E-state index is 0.863. The van der Waals surface area contributed by atoms with Gasteiger partial charge in [-0.1, -0.05) is 194 Å². The molecule has 0 unspecified atom stereocenters. The Morgan fingerprint density at radius 2 is 0.884 bits per heavy atom. The summed E-state index contributed by atoms with van der Waals surface area (Å²) in [5, 5.41) is 11.7. The van der Waals surface area contributed by atoms with Gasteiger partial charge >= 0.3 is 0 Å². The maximum Gasteiger partial charge on any atom is 0.143 e. The van der Waals surface area contributed by atoms with E-state index in [1.165, 1.54) is 27.1 Å². The van der Waals surface area contributed by atoms with Crippen LogP contribution in [0.4, 0.5) is 17.1 Å². The van der Waals surface area contributed by atoms with E-state index >= 15 is 0 Å². The Labute approximate surface area is 398 Å². The number of benzene rings is 12. The number of anilines is 3. The maximum atomic E-state index is 6.78. The smallest absolute Gasteiger partial charge is 0.143 e. The first-order chi connectivity index (χ1) is 34.2.